The average Bonchev–Trinajstić information content (AvgIpc) is 3.26. The largest absolute Gasteiger partial charge is 0.388 e. The number of benzene rings is 2. The van der Waals surface area contributed by atoms with Gasteiger partial charge in [0.25, 0.3) is 0 Å². The first-order valence-corrected chi connectivity index (χ1v) is 7.65. The van der Waals surface area contributed by atoms with Gasteiger partial charge in [-0.15, -0.1) is 0 Å². The van der Waals surface area contributed by atoms with Crippen molar-refractivity contribution in [3.8, 4) is 0 Å². The quantitative estimate of drug-likeness (QED) is 0.855. The van der Waals surface area contributed by atoms with E-state index in [2.05, 4.69) is 22.0 Å². The van der Waals surface area contributed by atoms with E-state index in [4.69, 9.17) is 0 Å². The molecule has 1 N–H and O–H groups in total. The number of aliphatic hydroxyl groups excluding tert-OH is 1. The van der Waals surface area contributed by atoms with E-state index in [-0.39, 0.29) is 5.82 Å². The fraction of sp³-hybridized carbons (Fsp3) is 0.294. The van der Waals surface area contributed by atoms with E-state index in [9.17, 15) is 9.50 Å². The van der Waals surface area contributed by atoms with Crippen LogP contribution in [0.4, 0.5) is 4.39 Å². The van der Waals surface area contributed by atoms with Gasteiger partial charge in [0.2, 0.25) is 0 Å². The zero-order chi connectivity index (χ0) is 14.1. The fourth-order valence-electron chi connectivity index (χ4n) is 2.59. The Morgan fingerprint density at radius 1 is 1.20 bits per heavy atom. The van der Waals surface area contributed by atoms with Crippen molar-refractivity contribution in [2.24, 2.45) is 0 Å². The normalized spacial score (nSPS) is 16.1. The second kappa shape index (κ2) is 5.66. The van der Waals surface area contributed by atoms with E-state index in [1.165, 1.54) is 30.5 Å². The van der Waals surface area contributed by atoms with Crippen molar-refractivity contribution in [1.82, 2.24) is 0 Å². The predicted octanol–water partition coefficient (Wildman–Crippen LogP) is 4.74. The van der Waals surface area contributed by atoms with Crippen LogP contribution in [0.1, 0.15) is 41.6 Å². The maximum Gasteiger partial charge on any atom is 0.124 e. The molecule has 3 rings (SSSR count). The van der Waals surface area contributed by atoms with Crippen molar-refractivity contribution in [2.45, 2.75) is 31.3 Å². The van der Waals surface area contributed by atoms with E-state index < -0.39 is 6.10 Å². The SMILES string of the molecule is OC(Cc1ccc(F)cc1Br)c1ccccc1C1CC1. The number of rotatable bonds is 4. The lowest BCUT2D eigenvalue weighted by Crippen LogP contribution is -2.05. The topological polar surface area (TPSA) is 20.2 Å². The summed E-state index contributed by atoms with van der Waals surface area (Å²) >= 11 is 3.36. The first-order valence-electron chi connectivity index (χ1n) is 6.86. The molecule has 0 spiro atoms. The first kappa shape index (κ1) is 13.8. The highest BCUT2D eigenvalue weighted by Gasteiger charge is 2.27. The monoisotopic (exact) mass is 334 g/mol. The molecule has 1 unspecified atom stereocenters. The van der Waals surface area contributed by atoms with Gasteiger partial charge in [-0.1, -0.05) is 46.3 Å². The molecule has 0 aliphatic heterocycles. The molecule has 0 aromatic heterocycles. The van der Waals surface area contributed by atoms with E-state index in [0.717, 1.165) is 11.1 Å². The van der Waals surface area contributed by atoms with E-state index >= 15 is 0 Å². The molecule has 0 radical (unpaired) electrons. The van der Waals surface area contributed by atoms with Crippen molar-refractivity contribution < 1.29 is 9.50 Å². The van der Waals surface area contributed by atoms with Crippen LogP contribution < -0.4 is 0 Å². The van der Waals surface area contributed by atoms with Crippen molar-refractivity contribution >= 4 is 15.9 Å². The van der Waals surface area contributed by atoms with Crippen LogP contribution in [0.3, 0.4) is 0 Å². The molecular formula is C17H16BrFO. The second-order valence-electron chi connectivity index (χ2n) is 5.36. The van der Waals surface area contributed by atoms with Gasteiger partial charge in [-0.05, 0) is 47.6 Å². The van der Waals surface area contributed by atoms with Crippen LogP contribution in [-0.2, 0) is 6.42 Å². The third kappa shape index (κ3) is 2.94. The van der Waals surface area contributed by atoms with Gasteiger partial charge in [-0.25, -0.2) is 4.39 Å². The van der Waals surface area contributed by atoms with Gasteiger partial charge < -0.3 is 5.11 Å². The van der Waals surface area contributed by atoms with Gasteiger partial charge in [0.1, 0.15) is 5.82 Å². The fourth-order valence-corrected chi connectivity index (χ4v) is 3.10. The summed E-state index contributed by atoms with van der Waals surface area (Å²) in [6, 6.07) is 12.7. The van der Waals surface area contributed by atoms with Crippen LogP contribution in [0, 0.1) is 5.82 Å². The highest BCUT2D eigenvalue weighted by molar-refractivity contribution is 9.10. The summed E-state index contributed by atoms with van der Waals surface area (Å²) in [4.78, 5) is 0. The van der Waals surface area contributed by atoms with Gasteiger partial charge >= 0.3 is 0 Å². The van der Waals surface area contributed by atoms with Gasteiger partial charge in [-0.2, -0.15) is 0 Å². The van der Waals surface area contributed by atoms with E-state index in [1.807, 2.05) is 18.2 Å². The van der Waals surface area contributed by atoms with Crippen LogP contribution in [0.5, 0.6) is 0 Å². The molecule has 2 aromatic rings. The summed E-state index contributed by atoms with van der Waals surface area (Å²) in [6.45, 7) is 0. The summed E-state index contributed by atoms with van der Waals surface area (Å²) in [6.07, 6.45) is 2.37. The molecular weight excluding hydrogens is 319 g/mol. The van der Waals surface area contributed by atoms with Gasteiger partial charge in [-0.3, -0.25) is 0 Å². The highest BCUT2D eigenvalue weighted by atomic mass is 79.9. The molecule has 0 saturated heterocycles. The molecule has 3 heteroatoms. The molecule has 104 valence electrons. The Kier molecular flexibility index (Phi) is 3.90. The van der Waals surface area contributed by atoms with Crippen molar-refractivity contribution in [3.05, 3.63) is 69.4 Å². The zero-order valence-corrected chi connectivity index (χ0v) is 12.6. The van der Waals surface area contributed by atoms with Crippen molar-refractivity contribution in [1.29, 1.82) is 0 Å². The van der Waals surface area contributed by atoms with Gasteiger partial charge in [0.15, 0.2) is 0 Å². The van der Waals surface area contributed by atoms with Gasteiger partial charge in [0.05, 0.1) is 6.10 Å². The smallest absolute Gasteiger partial charge is 0.124 e. The lowest BCUT2D eigenvalue weighted by atomic mass is 9.95. The Labute approximate surface area is 126 Å². The highest BCUT2D eigenvalue weighted by Crippen LogP contribution is 2.43. The van der Waals surface area contributed by atoms with Gasteiger partial charge in [0, 0.05) is 10.9 Å². The van der Waals surface area contributed by atoms with Crippen molar-refractivity contribution in [3.63, 3.8) is 0 Å². The number of halogens is 2. The summed E-state index contributed by atoms with van der Waals surface area (Å²) in [5.41, 5.74) is 3.19. The summed E-state index contributed by atoms with van der Waals surface area (Å²) in [5.74, 6) is 0.339. The van der Waals surface area contributed by atoms with Crippen molar-refractivity contribution in [2.75, 3.05) is 0 Å². The minimum atomic E-state index is -0.548. The Balaban J connectivity index is 1.84. The minimum absolute atomic E-state index is 0.270. The lowest BCUT2D eigenvalue weighted by Gasteiger charge is -2.16. The molecule has 1 fully saturated rings. The summed E-state index contributed by atoms with van der Waals surface area (Å²) < 4.78 is 13.8. The van der Waals surface area contributed by atoms with Crippen LogP contribution in [0.2, 0.25) is 0 Å². The maximum absolute atomic E-state index is 13.1. The third-order valence-electron chi connectivity index (χ3n) is 3.80. The molecule has 1 saturated carbocycles. The summed E-state index contributed by atoms with van der Waals surface area (Å²) in [7, 11) is 0. The third-order valence-corrected chi connectivity index (χ3v) is 4.54. The Morgan fingerprint density at radius 2 is 1.95 bits per heavy atom. The predicted molar refractivity (Wildman–Crippen MR) is 81.2 cm³/mol. The summed E-state index contributed by atoms with van der Waals surface area (Å²) in [5, 5.41) is 10.5. The Bertz CT molecular complexity index is 622. The second-order valence-corrected chi connectivity index (χ2v) is 6.21. The maximum atomic E-state index is 13.1. The molecule has 20 heavy (non-hydrogen) atoms. The van der Waals surface area contributed by atoms with Crippen LogP contribution in [0.25, 0.3) is 0 Å². The van der Waals surface area contributed by atoms with Crippen LogP contribution >= 0.6 is 15.9 Å². The molecule has 0 bridgehead atoms. The molecule has 1 atom stereocenters. The number of hydrogen-bond donors (Lipinski definition) is 1. The van der Waals surface area contributed by atoms with E-state index in [0.29, 0.717) is 16.8 Å². The number of hydrogen-bond acceptors (Lipinski definition) is 1. The van der Waals surface area contributed by atoms with Crippen LogP contribution in [0.15, 0.2) is 46.9 Å². The first-order chi connectivity index (χ1) is 9.65. The average molecular weight is 335 g/mol. The minimum Gasteiger partial charge on any atom is -0.388 e. The molecule has 0 amide bonds. The molecule has 1 aliphatic rings. The zero-order valence-electron chi connectivity index (χ0n) is 11.0. The molecule has 1 aliphatic carbocycles. The van der Waals surface area contributed by atoms with Crippen LogP contribution in [-0.4, -0.2) is 5.11 Å². The van der Waals surface area contributed by atoms with E-state index in [1.54, 1.807) is 6.07 Å². The lowest BCUT2D eigenvalue weighted by molar-refractivity contribution is 0.177. The molecule has 2 aromatic carbocycles. The standard InChI is InChI=1S/C17H16BrFO/c18-16-10-13(19)8-7-12(16)9-17(20)15-4-2-1-3-14(15)11-5-6-11/h1-4,7-8,10-11,17,20H,5-6,9H2. The molecule has 1 nitrogen and oxygen atoms in total. The number of aliphatic hydroxyl groups is 1. The Hall–Kier alpha value is -1.19. The molecule has 0 heterocycles. The Morgan fingerprint density at radius 3 is 2.65 bits per heavy atom.